The Balaban J connectivity index is 1.79. The summed E-state index contributed by atoms with van der Waals surface area (Å²) in [4.78, 5) is 12.8. The van der Waals surface area contributed by atoms with Gasteiger partial charge in [-0.05, 0) is 19.4 Å². The zero-order chi connectivity index (χ0) is 13.7. The van der Waals surface area contributed by atoms with Gasteiger partial charge in [0.2, 0.25) is 5.91 Å². The van der Waals surface area contributed by atoms with Crippen LogP contribution in [-0.2, 0) is 11.3 Å². The monoisotopic (exact) mass is 275 g/mol. The molecule has 2 N–H and O–H groups in total. The minimum Gasteiger partial charge on any atom is -0.351 e. The van der Waals surface area contributed by atoms with Crippen molar-refractivity contribution in [2.75, 3.05) is 5.75 Å². The van der Waals surface area contributed by atoms with E-state index in [1.165, 1.54) is 11.8 Å². The number of H-pyrrole nitrogens is 1. The number of aromatic nitrogens is 2. The normalized spacial score (nSPS) is 10.4. The lowest BCUT2D eigenvalue weighted by atomic mass is 10.2. The molecule has 0 radical (unpaired) electrons. The molecule has 4 nitrogen and oxygen atoms in total. The van der Waals surface area contributed by atoms with E-state index in [0.29, 0.717) is 12.3 Å². The molecule has 0 spiro atoms. The minimum absolute atomic E-state index is 0.0360. The van der Waals surface area contributed by atoms with Gasteiger partial charge in [-0.25, -0.2) is 0 Å². The van der Waals surface area contributed by atoms with Gasteiger partial charge in [-0.3, -0.25) is 9.89 Å². The Morgan fingerprint density at radius 3 is 2.68 bits per heavy atom. The number of hydrogen-bond acceptors (Lipinski definition) is 3. The Morgan fingerprint density at radius 2 is 2.05 bits per heavy atom. The second-order valence-electron chi connectivity index (χ2n) is 4.31. The lowest BCUT2D eigenvalue weighted by Gasteiger charge is -2.05. The van der Waals surface area contributed by atoms with Crippen molar-refractivity contribution in [1.82, 2.24) is 15.5 Å². The number of aryl methyl sites for hydroxylation is 2. The quantitative estimate of drug-likeness (QED) is 0.824. The van der Waals surface area contributed by atoms with Crippen LogP contribution in [0.4, 0.5) is 0 Å². The Bertz CT molecular complexity index is 532. The van der Waals surface area contributed by atoms with E-state index in [9.17, 15) is 4.79 Å². The van der Waals surface area contributed by atoms with Crippen molar-refractivity contribution >= 4 is 17.7 Å². The number of nitrogens with zero attached hydrogens (tertiary/aromatic N) is 1. The number of carbonyl (C=O) groups excluding carboxylic acids is 1. The summed E-state index contributed by atoms with van der Waals surface area (Å²) in [5, 5.41) is 9.94. The van der Waals surface area contributed by atoms with Crippen LogP contribution in [0.1, 0.15) is 17.0 Å². The van der Waals surface area contributed by atoms with Crippen LogP contribution in [0.2, 0.25) is 0 Å². The second-order valence-corrected chi connectivity index (χ2v) is 5.30. The summed E-state index contributed by atoms with van der Waals surface area (Å²) < 4.78 is 0. The van der Waals surface area contributed by atoms with E-state index in [-0.39, 0.29) is 5.91 Å². The maximum absolute atomic E-state index is 11.8. The molecule has 1 heterocycles. The zero-order valence-corrected chi connectivity index (χ0v) is 11.9. The zero-order valence-electron chi connectivity index (χ0n) is 11.1. The largest absolute Gasteiger partial charge is 0.351 e. The van der Waals surface area contributed by atoms with Crippen LogP contribution >= 0.6 is 11.8 Å². The highest BCUT2D eigenvalue weighted by molar-refractivity contribution is 8.00. The topological polar surface area (TPSA) is 57.8 Å². The van der Waals surface area contributed by atoms with Crippen molar-refractivity contribution in [2.45, 2.75) is 25.3 Å². The Hall–Kier alpha value is -1.75. The smallest absolute Gasteiger partial charge is 0.230 e. The van der Waals surface area contributed by atoms with Crippen LogP contribution in [0.25, 0.3) is 0 Å². The fraction of sp³-hybridized carbons (Fsp3) is 0.286. The SMILES string of the molecule is Cc1n[nH]c(C)c1SCC(=O)NCc1ccccc1. The maximum atomic E-state index is 11.8. The van der Waals surface area contributed by atoms with Crippen LogP contribution in [0.15, 0.2) is 35.2 Å². The molecule has 2 aromatic rings. The summed E-state index contributed by atoms with van der Waals surface area (Å²) in [6.07, 6.45) is 0. The molecular formula is C14H17N3OS. The van der Waals surface area contributed by atoms with E-state index in [0.717, 1.165) is 21.8 Å². The summed E-state index contributed by atoms with van der Waals surface area (Å²) >= 11 is 1.52. The molecule has 0 saturated carbocycles. The summed E-state index contributed by atoms with van der Waals surface area (Å²) in [6, 6.07) is 9.89. The Morgan fingerprint density at radius 1 is 1.32 bits per heavy atom. The molecule has 1 aromatic carbocycles. The number of amides is 1. The molecule has 5 heteroatoms. The summed E-state index contributed by atoms with van der Waals surface area (Å²) in [5.74, 6) is 0.447. The molecule has 0 saturated heterocycles. The molecule has 0 unspecified atom stereocenters. The van der Waals surface area contributed by atoms with E-state index in [2.05, 4.69) is 15.5 Å². The van der Waals surface area contributed by atoms with Crippen LogP contribution in [0.3, 0.4) is 0 Å². The van der Waals surface area contributed by atoms with Gasteiger partial charge in [0.15, 0.2) is 0 Å². The van der Waals surface area contributed by atoms with Crippen molar-refractivity contribution in [3.8, 4) is 0 Å². The predicted octanol–water partition coefficient (Wildman–Crippen LogP) is 2.44. The van der Waals surface area contributed by atoms with Gasteiger partial charge >= 0.3 is 0 Å². The van der Waals surface area contributed by atoms with Crippen LogP contribution in [0.5, 0.6) is 0 Å². The third kappa shape index (κ3) is 3.86. The molecule has 0 bridgehead atoms. The first-order valence-electron chi connectivity index (χ1n) is 6.12. The standard InChI is InChI=1S/C14H17N3OS/c1-10-14(11(2)17-16-10)19-9-13(18)15-8-12-6-4-3-5-7-12/h3-7H,8-9H2,1-2H3,(H,15,18)(H,16,17). The second kappa shape index (κ2) is 6.43. The minimum atomic E-state index is 0.0360. The van der Waals surface area contributed by atoms with Gasteiger partial charge < -0.3 is 5.32 Å². The molecule has 1 aromatic heterocycles. The molecule has 100 valence electrons. The van der Waals surface area contributed by atoms with E-state index in [1.54, 1.807) is 0 Å². The third-order valence-corrected chi connectivity index (χ3v) is 4.04. The number of nitrogens with one attached hydrogen (secondary N) is 2. The fourth-order valence-electron chi connectivity index (χ4n) is 1.74. The van der Waals surface area contributed by atoms with Gasteiger partial charge in [0.25, 0.3) is 0 Å². The number of rotatable bonds is 5. The first-order chi connectivity index (χ1) is 9.16. The van der Waals surface area contributed by atoms with E-state index in [4.69, 9.17) is 0 Å². The van der Waals surface area contributed by atoms with Gasteiger partial charge in [-0.2, -0.15) is 5.10 Å². The van der Waals surface area contributed by atoms with Gasteiger partial charge in [-0.15, -0.1) is 11.8 Å². The molecular weight excluding hydrogens is 258 g/mol. The van der Waals surface area contributed by atoms with Gasteiger partial charge in [0.1, 0.15) is 0 Å². The highest BCUT2D eigenvalue weighted by atomic mass is 32.2. The molecule has 0 aliphatic heterocycles. The van der Waals surface area contributed by atoms with Crippen LogP contribution in [-0.4, -0.2) is 21.9 Å². The van der Waals surface area contributed by atoms with Crippen molar-refractivity contribution < 1.29 is 4.79 Å². The van der Waals surface area contributed by atoms with Crippen molar-refractivity contribution in [1.29, 1.82) is 0 Å². The summed E-state index contributed by atoms with van der Waals surface area (Å²) in [6.45, 7) is 4.47. The fourth-order valence-corrected chi connectivity index (χ4v) is 2.63. The number of carbonyl (C=O) groups is 1. The maximum Gasteiger partial charge on any atom is 0.230 e. The number of benzene rings is 1. The van der Waals surface area contributed by atoms with Gasteiger partial charge in [0, 0.05) is 12.2 Å². The van der Waals surface area contributed by atoms with Crippen molar-refractivity contribution in [3.63, 3.8) is 0 Å². The lowest BCUT2D eigenvalue weighted by molar-refractivity contribution is -0.118. The average Bonchev–Trinajstić information content (AvgIpc) is 2.75. The molecule has 0 fully saturated rings. The molecule has 19 heavy (non-hydrogen) atoms. The molecule has 0 aliphatic carbocycles. The Labute approximate surface area is 117 Å². The number of hydrogen-bond donors (Lipinski definition) is 2. The van der Waals surface area contributed by atoms with E-state index >= 15 is 0 Å². The average molecular weight is 275 g/mol. The molecule has 1 amide bonds. The van der Waals surface area contributed by atoms with Gasteiger partial charge in [0.05, 0.1) is 16.3 Å². The molecule has 0 aliphatic rings. The van der Waals surface area contributed by atoms with Crippen LogP contribution in [0, 0.1) is 13.8 Å². The van der Waals surface area contributed by atoms with Crippen LogP contribution < -0.4 is 5.32 Å². The van der Waals surface area contributed by atoms with Gasteiger partial charge in [-0.1, -0.05) is 30.3 Å². The van der Waals surface area contributed by atoms with Crippen molar-refractivity contribution in [2.24, 2.45) is 0 Å². The highest BCUT2D eigenvalue weighted by Crippen LogP contribution is 2.23. The summed E-state index contributed by atoms with van der Waals surface area (Å²) in [5.41, 5.74) is 3.06. The Kier molecular flexibility index (Phi) is 4.63. The highest BCUT2D eigenvalue weighted by Gasteiger charge is 2.09. The van der Waals surface area contributed by atoms with E-state index < -0.39 is 0 Å². The molecule has 2 rings (SSSR count). The number of aromatic amines is 1. The summed E-state index contributed by atoms with van der Waals surface area (Å²) in [7, 11) is 0. The molecule has 0 atom stereocenters. The van der Waals surface area contributed by atoms with E-state index in [1.807, 2.05) is 44.2 Å². The third-order valence-electron chi connectivity index (χ3n) is 2.74. The first-order valence-corrected chi connectivity index (χ1v) is 7.10. The number of thioether (sulfide) groups is 1. The predicted molar refractivity (Wildman–Crippen MR) is 77.1 cm³/mol. The first kappa shape index (κ1) is 13.7. The lowest BCUT2D eigenvalue weighted by Crippen LogP contribution is -2.24. The van der Waals surface area contributed by atoms with Crippen molar-refractivity contribution in [3.05, 3.63) is 47.3 Å².